The van der Waals surface area contributed by atoms with Gasteiger partial charge in [-0.2, -0.15) is 4.72 Å². The SMILES string of the molecule is CCc1cccc(CC)c1NC(=O)C(C)NS(=O)(=O)c1cc(C(C)C)ccc1OC. The fourth-order valence-corrected chi connectivity index (χ4v) is 4.65. The predicted molar refractivity (Wildman–Crippen MR) is 121 cm³/mol. The molecule has 2 rings (SSSR count). The van der Waals surface area contributed by atoms with E-state index in [1.807, 2.05) is 52.0 Å². The molecule has 0 bridgehead atoms. The molecule has 0 aliphatic carbocycles. The van der Waals surface area contributed by atoms with Crippen molar-refractivity contribution in [2.45, 2.75) is 64.3 Å². The van der Waals surface area contributed by atoms with Gasteiger partial charge >= 0.3 is 0 Å². The van der Waals surface area contributed by atoms with E-state index < -0.39 is 22.0 Å². The number of ether oxygens (including phenoxy) is 1. The Bertz CT molecular complexity index is 978. The Morgan fingerprint density at radius 1 is 1.03 bits per heavy atom. The van der Waals surface area contributed by atoms with Gasteiger partial charge in [0.15, 0.2) is 0 Å². The quantitative estimate of drug-likeness (QED) is 0.620. The highest BCUT2D eigenvalue weighted by atomic mass is 32.2. The van der Waals surface area contributed by atoms with Crippen LogP contribution in [0.4, 0.5) is 5.69 Å². The highest BCUT2D eigenvalue weighted by molar-refractivity contribution is 7.89. The van der Waals surface area contributed by atoms with Crippen LogP contribution in [0.2, 0.25) is 0 Å². The monoisotopic (exact) mass is 432 g/mol. The number of benzene rings is 2. The molecule has 0 aliphatic heterocycles. The molecule has 0 spiro atoms. The first-order valence-electron chi connectivity index (χ1n) is 10.3. The Morgan fingerprint density at radius 3 is 2.13 bits per heavy atom. The third kappa shape index (κ3) is 5.40. The van der Waals surface area contributed by atoms with Crippen LogP contribution in [-0.4, -0.2) is 27.5 Å². The number of para-hydroxylation sites is 1. The molecule has 30 heavy (non-hydrogen) atoms. The van der Waals surface area contributed by atoms with Gasteiger partial charge in [0.05, 0.1) is 13.2 Å². The number of hydrogen-bond donors (Lipinski definition) is 2. The Morgan fingerprint density at radius 2 is 1.63 bits per heavy atom. The number of hydrogen-bond acceptors (Lipinski definition) is 4. The fraction of sp³-hybridized carbons (Fsp3) is 0.435. The van der Waals surface area contributed by atoms with Crippen molar-refractivity contribution in [2.75, 3.05) is 12.4 Å². The van der Waals surface area contributed by atoms with Gasteiger partial charge in [-0.15, -0.1) is 0 Å². The van der Waals surface area contributed by atoms with Crippen molar-refractivity contribution in [1.29, 1.82) is 0 Å². The molecule has 1 unspecified atom stereocenters. The molecule has 0 radical (unpaired) electrons. The third-order valence-corrected chi connectivity index (χ3v) is 6.68. The molecular formula is C23H32N2O4S. The molecule has 0 aromatic heterocycles. The number of methoxy groups -OCH3 is 1. The zero-order valence-corrected chi connectivity index (χ0v) is 19.4. The zero-order valence-electron chi connectivity index (χ0n) is 18.6. The van der Waals surface area contributed by atoms with Crippen molar-refractivity contribution in [2.24, 2.45) is 0 Å². The summed E-state index contributed by atoms with van der Waals surface area (Å²) in [6, 6.07) is 10.0. The van der Waals surface area contributed by atoms with Crippen molar-refractivity contribution in [1.82, 2.24) is 4.72 Å². The molecule has 7 heteroatoms. The van der Waals surface area contributed by atoms with E-state index >= 15 is 0 Å². The first-order valence-corrected chi connectivity index (χ1v) is 11.7. The minimum atomic E-state index is -3.96. The van der Waals surface area contributed by atoms with E-state index in [1.165, 1.54) is 14.0 Å². The van der Waals surface area contributed by atoms with Gasteiger partial charge in [0, 0.05) is 5.69 Å². The molecule has 2 aromatic carbocycles. The summed E-state index contributed by atoms with van der Waals surface area (Å²) in [5, 5.41) is 2.92. The summed E-state index contributed by atoms with van der Waals surface area (Å²) in [4.78, 5) is 12.8. The maximum Gasteiger partial charge on any atom is 0.244 e. The van der Waals surface area contributed by atoms with Gasteiger partial charge in [0.2, 0.25) is 15.9 Å². The minimum absolute atomic E-state index is 0.0269. The highest BCUT2D eigenvalue weighted by Crippen LogP contribution is 2.28. The lowest BCUT2D eigenvalue weighted by atomic mass is 10.0. The summed E-state index contributed by atoms with van der Waals surface area (Å²) in [6.45, 7) is 9.54. The van der Waals surface area contributed by atoms with Crippen molar-refractivity contribution < 1.29 is 17.9 Å². The average Bonchev–Trinajstić information content (AvgIpc) is 2.72. The first-order chi connectivity index (χ1) is 14.1. The largest absolute Gasteiger partial charge is 0.495 e. The molecule has 0 saturated carbocycles. The topological polar surface area (TPSA) is 84.5 Å². The minimum Gasteiger partial charge on any atom is -0.495 e. The van der Waals surface area contributed by atoms with Crippen LogP contribution in [0.15, 0.2) is 41.3 Å². The number of sulfonamides is 1. The van der Waals surface area contributed by atoms with E-state index in [1.54, 1.807) is 12.1 Å². The molecule has 2 N–H and O–H groups in total. The normalized spacial score (nSPS) is 12.6. The van der Waals surface area contributed by atoms with Crippen LogP contribution in [0.25, 0.3) is 0 Å². The summed E-state index contributed by atoms with van der Waals surface area (Å²) in [7, 11) is -2.54. The van der Waals surface area contributed by atoms with E-state index in [-0.39, 0.29) is 16.6 Å². The molecule has 0 fully saturated rings. The fourth-order valence-electron chi connectivity index (χ4n) is 3.25. The molecule has 0 saturated heterocycles. The number of rotatable bonds is 9. The number of anilines is 1. The van der Waals surface area contributed by atoms with E-state index in [0.29, 0.717) is 0 Å². The number of aryl methyl sites for hydroxylation is 2. The average molecular weight is 433 g/mol. The maximum absolute atomic E-state index is 13.0. The van der Waals surface area contributed by atoms with Gasteiger partial charge in [-0.25, -0.2) is 8.42 Å². The van der Waals surface area contributed by atoms with Gasteiger partial charge in [0.25, 0.3) is 0 Å². The van der Waals surface area contributed by atoms with E-state index in [4.69, 9.17) is 4.74 Å². The number of nitrogens with one attached hydrogen (secondary N) is 2. The van der Waals surface area contributed by atoms with Crippen molar-refractivity contribution in [3.8, 4) is 5.75 Å². The summed E-state index contributed by atoms with van der Waals surface area (Å²) < 4.78 is 33.8. The molecule has 1 atom stereocenters. The first kappa shape index (κ1) is 23.9. The van der Waals surface area contributed by atoms with E-state index in [0.717, 1.165) is 35.2 Å². The van der Waals surface area contributed by atoms with Gasteiger partial charge in [-0.3, -0.25) is 4.79 Å². The molecule has 1 amide bonds. The molecule has 0 heterocycles. The van der Waals surface area contributed by atoms with Crippen molar-refractivity contribution >= 4 is 21.6 Å². The lowest BCUT2D eigenvalue weighted by Crippen LogP contribution is -2.41. The lowest BCUT2D eigenvalue weighted by Gasteiger charge is -2.19. The van der Waals surface area contributed by atoms with Crippen LogP contribution in [0.5, 0.6) is 5.75 Å². The summed E-state index contributed by atoms with van der Waals surface area (Å²) >= 11 is 0. The number of amides is 1. The number of carbonyl (C=O) groups excluding carboxylic acids is 1. The zero-order chi connectivity index (χ0) is 22.5. The van der Waals surface area contributed by atoms with Crippen molar-refractivity contribution in [3.63, 3.8) is 0 Å². The van der Waals surface area contributed by atoms with Crippen LogP contribution in [0.1, 0.15) is 57.2 Å². The smallest absolute Gasteiger partial charge is 0.244 e. The molecule has 2 aromatic rings. The standard InChI is InChI=1S/C23H32N2O4S/c1-7-17-10-9-11-18(8-2)22(17)24-23(26)16(5)25-30(27,28)21-14-19(15(3)4)12-13-20(21)29-6/h9-16,25H,7-8H2,1-6H3,(H,24,26). The Hall–Kier alpha value is -2.38. The van der Waals surface area contributed by atoms with Crippen molar-refractivity contribution in [3.05, 3.63) is 53.1 Å². The van der Waals surface area contributed by atoms with E-state index in [9.17, 15) is 13.2 Å². The summed E-state index contributed by atoms with van der Waals surface area (Å²) in [5.74, 6) is -0.0131. The third-order valence-electron chi connectivity index (χ3n) is 5.12. The van der Waals surface area contributed by atoms with E-state index in [2.05, 4.69) is 10.0 Å². The second-order valence-electron chi connectivity index (χ2n) is 7.56. The van der Waals surface area contributed by atoms with Crippen LogP contribution in [0, 0.1) is 0 Å². The molecular weight excluding hydrogens is 400 g/mol. The highest BCUT2D eigenvalue weighted by Gasteiger charge is 2.26. The second-order valence-corrected chi connectivity index (χ2v) is 9.24. The lowest BCUT2D eigenvalue weighted by molar-refractivity contribution is -0.117. The predicted octanol–water partition coefficient (Wildman–Crippen LogP) is 4.25. The van der Waals surface area contributed by atoms with Gasteiger partial charge in [0.1, 0.15) is 10.6 Å². The summed E-state index contributed by atoms with van der Waals surface area (Å²) in [6.07, 6.45) is 1.53. The number of carbonyl (C=O) groups is 1. The van der Waals surface area contributed by atoms with Crippen LogP contribution in [0.3, 0.4) is 0 Å². The van der Waals surface area contributed by atoms with Gasteiger partial charge < -0.3 is 10.1 Å². The Kier molecular flexibility index (Phi) is 8.03. The molecule has 164 valence electrons. The van der Waals surface area contributed by atoms with Crippen LogP contribution in [-0.2, 0) is 27.7 Å². The molecule has 0 aliphatic rings. The Balaban J connectivity index is 2.28. The Labute approximate surface area is 180 Å². The van der Waals surface area contributed by atoms with Crippen LogP contribution >= 0.6 is 0 Å². The van der Waals surface area contributed by atoms with Gasteiger partial charge in [-0.1, -0.05) is 52.0 Å². The van der Waals surface area contributed by atoms with Crippen LogP contribution < -0.4 is 14.8 Å². The summed E-state index contributed by atoms with van der Waals surface area (Å²) in [5.41, 5.74) is 3.67. The maximum atomic E-state index is 13.0. The van der Waals surface area contributed by atoms with Gasteiger partial charge in [-0.05, 0) is 54.5 Å². The molecule has 6 nitrogen and oxygen atoms in total. The second kappa shape index (κ2) is 10.1.